The van der Waals surface area contributed by atoms with Gasteiger partial charge in [-0.15, -0.1) is 0 Å². The van der Waals surface area contributed by atoms with Crippen LogP contribution in [0.5, 0.6) is 0 Å². The highest BCUT2D eigenvalue weighted by Gasteiger charge is 2.40. The molecule has 1 aliphatic heterocycles. The van der Waals surface area contributed by atoms with E-state index in [-0.39, 0.29) is 5.91 Å². The van der Waals surface area contributed by atoms with Gasteiger partial charge in [0, 0.05) is 6.54 Å². The molecule has 1 saturated heterocycles. The number of carboxylic acid groups (broad SMARTS) is 1. The minimum Gasteiger partial charge on any atom is -0.480 e. The maximum atomic E-state index is 12.4. The molecule has 7 nitrogen and oxygen atoms in total. The number of rotatable bonds is 7. The van der Waals surface area contributed by atoms with Crippen LogP contribution in [0.3, 0.4) is 0 Å². The highest BCUT2D eigenvalue weighted by molar-refractivity contribution is 5.90. The van der Waals surface area contributed by atoms with Gasteiger partial charge >= 0.3 is 5.97 Å². The van der Waals surface area contributed by atoms with Gasteiger partial charge in [-0.2, -0.15) is 0 Å². The molecular weight excluding hydrogens is 262 g/mol. The van der Waals surface area contributed by atoms with Gasteiger partial charge in [0.15, 0.2) is 0 Å². The summed E-state index contributed by atoms with van der Waals surface area (Å²) in [6.45, 7) is 3.39. The summed E-state index contributed by atoms with van der Waals surface area (Å²) in [6, 6.07) is -1.25. The van der Waals surface area contributed by atoms with Crippen LogP contribution in [0.15, 0.2) is 0 Å². The summed E-state index contributed by atoms with van der Waals surface area (Å²) in [5.41, 5.74) is 4.43. The van der Waals surface area contributed by atoms with Crippen LogP contribution < -0.4 is 16.4 Å². The number of aliphatic carboxylic acids is 1. The van der Waals surface area contributed by atoms with Crippen molar-refractivity contribution in [2.75, 3.05) is 13.1 Å². The maximum Gasteiger partial charge on any atom is 0.326 e. The van der Waals surface area contributed by atoms with Crippen LogP contribution in [0.25, 0.3) is 0 Å². The lowest BCUT2D eigenvalue weighted by atomic mass is 9.76. The molecule has 0 aromatic carbocycles. The van der Waals surface area contributed by atoms with Crippen molar-refractivity contribution in [2.24, 2.45) is 11.1 Å². The fourth-order valence-corrected chi connectivity index (χ4v) is 2.68. The Labute approximate surface area is 118 Å². The first-order valence-corrected chi connectivity index (χ1v) is 6.94. The summed E-state index contributed by atoms with van der Waals surface area (Å²) in [4.78, 5) is 34.4. The maximum absolute atomic E-state index is 12.4. The number of nitrogens with one attached hydrogen (secondary N) is 2. The van der Waals surface area contributed by atoms with Crippen molar-refractivity contribution in [2.45, 2.75) is 45.1 Å². The van der Waals surface area contributed by atoms with Crippen molar-refractivity contribution in [3.05, 3.63) is 0 Å². The molecule has 0 radical (unpaired) electrons. The number of carboxylic acids is 1. The first kappa shape index (κ1) is 16.4. The molecule has 0 aliphatic carbocycles. The summed E-state index contributed by atoms with van der Waals surface area (Å²) in [6.07, 6.45) is 2.73. The summed E-state index contributed by atoms with van der Waals surface area (Å²) in [5, 5.41) is 14.7. The summed E-state index contributed by atoms with van der Waals surface area (Å²) in [5.74, 6) is -2.29. The van der Waals surface area contributed by atoms with Crippen LogP contribution in [0.1, 0.15) is 39.0 Å². The van der Waals surface area contributed by atoms with Crippen LogP contribution in [-0.4, -0.2) is 42.0 Å². The Balaban J connectivity index is 2.78. The predicted molar refractivity (Wildman–Crippen MR) is 72.8 cm³/mol. The predicted octanol–water partition coefficient (Wildman–Crippen LogP) is -0.399. The molecule has 0 aromatic heterocycles. The highest BCUT2D eigenvalue weighted by atomic mass is 16.4. The van der Waals surface area contributed by atoms with Gasteiger partial charge in [-0.1, -0.05) is 13.3 Å². The molecule has 1 rings (SSSR count). The largest absolute Gasteiger partial charge is 0.480 e. The third-order valence-electron chi connectivity index (χ3n) is 3.69. The average molecular weight is 285 g/mol. The molecule has 20 heavy (non-hydrogen) atoms. The van der Waals surface area contributed by atoms with Gasteiger partial charge in [-0.3, -0.25) is 9.59 Å². The molecule has 5 N–H and O–H groups in total. The Bertz CT molecular complexity index is 372. The second kappa shape index (κ2) is 7.23. The molecule has 7 heteroatoms. The first-order valence-electron chi connectivity index (χ1n) is 6.94. The van der Waals surface area contributed by atoms with Gasteiger partial charge in [0.1, 0.15) is 6.04 Å². The molecule has 114 valence electrons. The monoisotopic (exact) mass is 285 g/mol. The van der Waals surface area contributed by atoms with Crippen LogP contribution in [0, 0.1) is 5.41 Å². The Kier molecular flexibility index (Phi) is 5.94. The number of carbonyl (C=O) groups excluding carboxylic acids is 2. The molecule has 1 unspecified atom stereocenters. The van der Waals surface area contributed by atoms with Gasteiger partial charge in [0.25, 0.3) is 0 Å². The van der Waals surface area contributed by atoms with E-state index in [0.29, 0.717) is 13.0 Å². The van der Waals surface area contributed by atoms with Crippen molar-refractivity contribution < 1.29 is 19.5 Å². The van der Waals surface area contributed by atoms with Crippen molar-refractivity contribution in [3.8, 4) is 0 Å². The Hall–Kier alpha value is -1.63. The summed E-state index contributed by atoms with van der Waals surface area (Å²) in [7, 11) is 0. The lowest BCUT2D eigenvalue weighted by molar-refractivity contribution is -0.145. The number of nitrogens with two attached hydrogens (primary N) is 1. The molecule has 0 saturated carbocycles. The van der Waals surface area contributed by atoms with Crippen LogP contribution >= 0.6 is 0 Å². The Morgan fingerprint density at radius 3 is 2.60 bits per heavy atom. The molecule has 1 heterocycles. The minimum atomic E-state index is -1.25. The van der Waals surface area contributed by atoms with Gasteiger partial charge in [0.05, 0.1) is 11.8 Å². The third-order valence-corrected chi connectivity index (χ3v) is 3.69. The lowest BCUT2D eigenvalue weighted by Gasteiger charge is -2.36. The summed E-state index contributed by atoms with van der Waals surface area (Å²) >= 11 is 0. The Morgan fingerprint density at radius 1 is 1.45 bits per heavy atom. The van der Waals surface area contributed by atoms with E-state index in [1.54, 1.807) is 0 Å². The first-order chi connectivity index (χ1) is 9.41. The number of piperidine rings is 1. The zero-order valence-corrected chi connectivity index (χ0v) is 11.8. The fourth-order valence-electron chi connectivity index (χ4n) is 2.68. The van der Waals surface area contributed by atoms with Crippen molar-refractivity contribution in [1.82, 2.24) is 10.6 Å². The quantitative estimate of drug-likeness (QED) is 0.507. The molecule has 2 amide bonds. The third kappa shape index (κ3) is 4.19. The van der Waals surface area contributed by atoms with Crippen LogP contribution in [0.4, 0.5) is 0 Å². The van der Waals surface area contributed by atoms with Crippen molar-refractivity contribution in [1.29, 1.82) is 0 Å². The zero-order valence-electron chi connectivity index (χ0n) is 11.8. The Morgan fingerprint density at radius 2 is 2.15 bits per heavy atom. The number of amides is 2. The van der Waals surface area contributed by atoms with Crippen LogP contribution in [0.2, 0.25) is 0 Å². The molecule has 0 aromatic rings. The van der Waals surface area contributed by atoms with Crippen molar-refractivity contribution >= 4 is 17.8 Å². The van der Waals surface area contributed by atoms with E-state index < -0.39 is 29.8 Å². The van der Waals surface area contributed by atoms with E-state index in [2.05, 4.69) is 10.6 Å². The van der Waals surface area contributed by atoms with E-state index in [1.807, 2.05) is 6.92 Å². The SMILES string of the molecule is CCCC1(C(=O)N[C@H](CC(N)=O)C(=O)O)CCCNC1. The number of hydrogen-bond acceptors (Lipinski definition) is 4. The van der Waals surface area contributed by atoms with Gasteiger partial charge in [-0.05, 0) is 25.8 Å². The van der Waals surface area contributed by atoms with E-state index in [1.165, 1.54) is 0 Å². The van der Waals surface area contributed by atoms with E-state index in [9.17, 15) is 14.4 Å². The second-order valence-corrected chi connectivity index (χ2v) is 5.35. The number of primary amides is 1. The smallest absolute Gasteiger partial charge is 0.326 e. The fraction of sp³-hybridized carbons (Fsp3) is 0.769. The topological polar surface area (TPSA) is 122 Å². The lowest BCUT2D eigenvalue weighted by Crippen LogP contribution is -2.54. The van der Waals surface area contributed by atoms with Gasteiger partial charge in [0.2, 0.25) is 11.8 Å². The molecule has 1 aliphatic rings. The highest BCUT2D eigenvalue weighted by Crippen LogP contribution is 2.32. The average Bonchev–Trinajstić information content (AvgIpc) is 2.38. The van der Waals surface area contributed by atoms with Gasteiger partial charge in [-0.25, -0.2) is 4.79 Å². The van der Waals surface area contributed by atoms with E-state index >= 15 is 0 Å². The van der Waals surface area contributed by atoms with Crippen LogP contribution in [-0.2, 0) is 14.4 Å². The molecule has 2 atom stereocenters. The van der Waals surface area contributed by atoms with E-state index in [0.717, 1.165) is 25.8 Å². The standard InChI is InChI=1S/C13H23N3O4/c1-2-4-13(5-3-6-15-8-13)12(20)16-9(11(18)19)7-10(14)17/h9,15H,2-8H2,1H3,(H2,14,17)(H,16,20)(H,18,19)/t9-,13?/m1/s1. The van der Waals surface area contributed by atoms with Gasteiger partial charge < -0.3 is 21.5 Å². The second-order valence-electron chi connectivity index (χ2n) is 5.35. The molecule has 0 spiro atoms. The van der Waals surface area contributed by atoms with Crippen molar-refractivity contribution in [3.63, 3.8) is 0 Å². The zero-order chi connectivity index (χ0) is 15.2. The minimum absolute atomic E-state index is 0.305. The summed E-state index contributed by atoms with van der Waals surface area (Å²) < 4.78 is 0. The van der Waals surface area contributed by atoms with E-state index in [4.69, 9.17) is 10.8 Å². The molecule has 1 fully saturated rings. The molecule has 0 bridgehead atoms. The molecular formula is C13H23N3O4. The number of carbonyl (C=O) groups is 3. The number of hydrogen-bond donors (Lipinski definition) is 4. The normalized spacial score (nSPS) is 23.9.